The van der Waals surface area contributed by atoms with E-state index in [1.54, 1.807) is 0 Å². The minimum Gasteiger partial charge on any atom is -0.311 e. The number of nitrogens with one attached hydrogen (secondary N) is 1. The van der Waals surface area contributed by atoms with Crippen LogP contribution in [0.1, 0.15) is 26.0 Å². The van der Waals surface area contributed by atoms with Crippen LogP contribution in [0.5, 0.6) is 0 Å². The maximum atomic E-state index is 4.45. The van der Waals surface area contributed by atoms with Gasteiger partial charge in [-0.15, -0.1) is 0 Å². The fourth-order valence-electron chi connectivity index (χ4n) is 2.38. The second-order valence-electron chi connectivity index (χ2n) is 4.78. The summed E-state index contributed by atoms with van der Waals surface area (Å²) in [5.74, 6) is 0. The maximum absolute atomic E-state index is 4.45. The molecule has 0 radical (unpaired) electrons. The van der Waals surface area contributed by atoms with Crippen molar-refractivity contribution in [3.05, 3.63) is 18.0 Å². The number of hydrogen-bond acceptors (Lipinski definition) is 3. The van der Waals surface area contributed by atoms with E-state index in [1.165, 1.54) is 12.1 Å². The molecule has 0 bridgehead atoms. The lowest BCUT2D eigenvalue weighted by Crippen LogP contribution is -2.54. The van der Waals surface area contributed by atoms with Gasteiger partial charge in [-0.25, -0.2) is 0 Å². The minimum absolute atomic E-state index is 0.589. The molecule has 1 aromatic heterocycles. The predicted molar refractivity (Wildman–Crippen MR) is 65.2 cm³/mol. The van der Waals surface area contributed by atoms with Gasteiger partial charge in [0, 0.05) is 45.0 Å². The van der Waals surface area contributed by atoms with Gasteiger partial charge in [0.2, 0.25) is 0 Å². The smallest absolute Gasteiger partial charge is 0.0764 e. The Morgan fingerprint density at radius 2 is 2.38 bits per heavy atom. The number of hydrogen-bond donors (Lipinski definition) is 1. The number of piperazine rings is 1. The fraction of sp³-hybridized carbons (Fsp3) is 0.750. The summed E-state index contributed by atoms with van der Waals surface area (Å²) in [6, 6.07) is 3.35. The van der Waals surface area contributed by atoms with E-state index in [4.69, 9.17) is 0 Å². The summed E-state index contributed by atoms with van der Waals surface area (Å²) in [6.45, 7) is 7.70. The molecule has 1 aliphatic heterocycles. The summed E-state index contributed by atoms with van der Waals surface area (Å²) in [7, 11) is 1.97. The van der Waals surface area contributed by atoms with Crippen molar-refractivity contribution in [2.45, 2.75) is 38.9 Å². The lowest BCUT2D eigenvalue weighted by Gasteiger charge is -2.38. The Hall–Kier alpha value is -0.870. The Balaban J connectivity index is 2.00. The van der Waals surface area contributed by atoms with Gasteiger partial charge in [0.05, 0.1) is 5.69 Å². The first kappa shape index (κ1) is 11.6. The normalized spacial score (nSPS) is 27.2. The van der Waals surface area contributed by atoms with E-state index in [0.29, 0.717) is 12.1 Å². The average molecular weight is 222 g/mol. The molecule has 0 aliphatic carbocycles. The summed E-state index contributed by atoms with van der Waals surface area (Å²) >= 11 is 0. The summed E-state index contributed by atoms with van der Waals surface area (Å²) in [6.07, 6.45) is 3.22. The predicted octanol–water partition coefficient (Wildman–Crippen LogP) is 0.992. The molecular weight excluding hydrogens is 200 g/mol. The number of rotatable bonds is 3. The minimum atomic E-state index is 0.589. The first-order valence-electron chi connectivity index (χ1n) is 6.15. The molecule has 1 aromatic rings. The number of aromatic nitrogens is 2. The van der Waals surface area contributed by atoms with Gasteiger partial charge in [-0.2, -0.15) is 5.10 Å². The van der Waals surface area contributed by atoms with Crippen LogP contribution in [0, 0.1) is 0 Å². The highest BCUT2D eigenvalue weighted by atomic mass is 15.3. The van der Waals surface area contributed by atoms with E-state index < -0.39 is 0 Å². The molecule has 2 atom stereocenters. The number of nitrogens with zero attached hydrogens (tertiary/aromatic N) is 3. The van der Waals surface area contributed by atoms with Gasteiger partial charge < -0.3 is 5.32 Å². The zero-order chi connectivity index (χ0) is 11.5. The molecule has 0 spiro atoms. The van der Waals surface area contributed by atoms with Crippen LogP contribution in [0.25, 0.3) is 0 Å². The van der Waals surface area contributed by atoms with Crippen LogP contribution in [-0.4, -0.2) is 39.9 Å². The second kappa shape index (κ2) is 4.97. The van der Waals surface area contributed by atoms with Crippen molar-refractivity contribution in [3.63, 3.8) is 0 Å². The van der Waals surface area contributed by atoms with E-state index in [-0.39, 0.29) is 0 Å². The lowest BCUT2D eigenvalue weighted by atomic mass is 10.1. The van der Waals surface area contributed by atoms with E-state index in [2.05, 4.69) is 35.2 Å². The highest BCUT2D eigenvalue weighted by Gasteiger charge is 2.24. The van der Waals surface area contributed by atoms with Gasteiger partial charge in [0.15, 0.2) is 0 Å². The average Bonchev–Trinajstić information content (AvgIpc) is 2.64. The summed E-state index contributed by atoms with van der Waals surface area (Å²) < 4.78 is 1.88. The van der Waals surface area contributed by atoms with E-state index in [0.717, 1.165) is 19.6 Å². The molecule has 4 nitrogen and oxygen atoms in total. The third-order valence-corrected chi connectivity index (χ3v) is 3.33. The standard InChI is InChI=1S/C12H22N4/c1-4-12-7-13-10(2)8-16(12)9-11-5-6-15(3)14-11/h5-6,10,12-13H,4,7-9H2,1-3H3. The molecular formula is C12H22N4. The van der Waals surface area contributed by atoms with Crippen molar-refractivity contribution in [3.8, 4) is 0 Å². The van der Waals surface area contributed by atoms with Gasteiger partial charge in [-0.05, 0) is 19.4 Å². The van der Waals surface area contributed by atoms with E-state index >= 15 is 0 Å². The molecule has 1 saturated heterocycles. The first-order valence-corrected chi connectivity index (χ1v) is 6.15. The molecule has 0 amide bonds. The van der Waals surface area contributed by atoms with Crippen molar-refractivity contribution in [1.82, 2.24) is 20.0 Å². The van der Waals surface area contributed by atoms with Crippen LogP contribution < -0.4 is 5.32 Å². The molecule has 1 aliphatic rings. The highest BCUT2D eigenvalue weighted by Crippen LogP contribution is 2.13. The van der Waals surface area contributed by atoms with E-state index in [1.807, 2.05) is 17.9 Å². The molecule has 4 heteroatoms. The topological polar surface area (TPSA) is 33.1 Å². The Morgan fingerprint density at radius 1 is 1.56 bits per heavy atom. The summed E-state index contributed by atoms with van der Waals surface area (Å²) in [5.41, 5.74) is 1.18. The largest absolute Gasteiger partial charge is 0.311 e. The van der Waals surface area contributed by atoms with Gasteiger partial charge >= 0.3 is 0 Å². The monoisotopic (exact) mass is 222 g/mol. The molecule has 0 saturated carbocycles. The zero-order valence-electron chi connectivity index (χ0n) is 10.5. The SMILES string of the molecule is CCC1CNC(C)CN1Cc1ccn(C)n1. The van der Waals surface area contributed by atoms with Crippen molar-refractivity contribution < 1.29 is 0 Å². The van der Waals surface area contributed by atoms with Crippen molar-refractivity contribution in [2.75, 3.05) is 13.1 Å². The van der Waals surface area contributed by atoms with Crippen LogP contribution in [-0.2, 0) is 13.6 Å². The molecule has 2 heterocycles. The van der Waals surface area contributed by atoms with E-state index in [9.17, 15) is 0 Å². The molecule has 1 N–H and O–H groups in total. The van der Waals surface area contributed by atoms with Gasteiger partial charge in [-0.3, -0.25) is 9.58 Å². The van der Waals surface area contributed by atoms with Crippen LogP contribution in [0.15, 0.2) is 12.3 Å². The van der Waals surface area contributed by atoms with Gasteiger partial charge in [0.25, 0.3) is 0 Å². The third-order valence-electron chi connectivity index (χ3n) is 3.33. The Bertz CT molecular complexity index is 334. The Kier molecular flexibility index (Phi) is 3.61. The van der Waals surface area contributed by atoms with Crippen molar-refractivity contribution in [1.29, 1.82) is 0 Å². The number of aryl methyl sites for hydroxylation is 1. The molecule has 1 fully saturated rings. The summed E-state index contributed by atoms with van der Waals surface area (Å²) in [5, 5.41) is 7.99. The third kappa shape index (κ3) is 2.62. The van der Waals surface area contributed by atoms with Crippen molar-refractivity contribution in [2.24, 2.45) is 7.05 Å². The highest BCUT2D eigenvalue weighted by molar-refractivity contribution is 5.00. The second-order valence-corrected chi connectivity index (χ2v) is 4.78. The molecule has 0 aromatic carbocycles. The summed E-state index contributed by atoms with van der Waals surface area (Å²) in [4.78, 5) is 2.55. The Morgan fingerprint density at radius 3 is 3.00 bits per heavy atom. The Labute approximate surface area is 97.6 Å². The first-order chi connectivity index (χ1) is 7.69. The van der Waals surface area contributed by atoms with Crippen LogP contribution in [0.4, 0.5) is 0 Å². The lowest BCUT2D eigenvalue weighted by molar-refractivity contribution is 0.122. The van der Waals surface area contributed by atoms with Gasteiger partial charge in [0.1, 0.15) is 0 Å². The van der Waals surface area contributed by atoms with Crippen LogP contribution >= 0.6 is 0 Å². The van der Waals surface area contributed by atoms with Gasteiger partial charge in [-0.1, -0.05) is 6.92 Å². The maximum Gasteiger partial charge on any atom is 0.0764 e. The molecule has 16 heavy (non-hydrogen) atoms. The fourth-order valence-corrected chi connectivity index (χ4v) is 2.38. The van der Waals surface area contributed by atoms with Crippen LogP contribution in [0.2, 0.25) is 0 Å². The zero-order valence-corrected chi connectivity index (χ0v) is 10.5. The quantitative estimate of drug-likeness (QED) is 0.828. The molecule has 2 rings (SSSR count). The molecule has 2 unspecified atom stereocenters. The van der Waals surface area contributed by atoms with Crippen molar-refractivity contribution >= 4 is 0 Å². The van der Waals surface area contributed by atoms with Crippen LogP contribution in [0.3, 0.4) is 0 Å². The molecule has 90 valence electrons.